The molecular weight excluding hydrogens is 106 g/mol. The monoisotopic (exact) mass is 115 g/mol. The quantitative estimate of drug-likeness (QED) is 0.502. The molecule has 0 fully saturated rings. The third-order valence-corrected chi connectivity index (χ3v) is 0.798. The predicted molar refractivity (Wildman–Crippen MR) is 29.3 cm³/mol. The molecule has 0 rings (SSSR count). The van der Waals surface area contributed by atoms with Crippen LogP contribution in [0.1, 0.15) is 12.8 Å². The minimum atomic E-state index is -0.273. The lowest BCUT2D eigenvalue weighted by Gasteiger charge is -1.98. The summed E-state index contributed by atoms with van der Waals surface area (Å²) >= 11 is 0. The molecule has 0 saturated heterocycles. The molecular formula is C5H9NO2. The van der Waals surface area contributed by atoms with E-state index >= 15 is 0 Å². The molecule has 0 bridgehead atoms. The molecule has 46 valence electrons. The van der Waals surface area contributed by atoms with E-state index in [2.05, 4.69) is 0 Å². The van der Waals surface area contributed by atoms with Crippen molar-refractivity contribution in [1.82, 2.24) is 0 Å². The van der Waals surface area contributed by atoms with E-state index in [1.807, 2.05) is 0 Å². The van der Waals surface area contributed by atoms with E-state index in [4.69, 9.17) is 5.73 Å². The van der Waals surface area contributed by atoms with Crippen LogP contribution in [0.3, 0.4) is 0 Å². The van der Waals surface area contributed by atoms with Gasteiger partial charge in [0.2, 0.25) is 0 Å². The second-order valence-electron chi connectivity index (χ2n) is 1.56. The fourth-order valence-electron chi connectivity index (χ4n) is 0.343. The lowest BCUT2D eigenvalue weighted by atomic mass is 10.2. The van der Waals surface area contributed by atoms with Crippen molar-refractivity contribution in [1.29, 1.82) is 0 Å². The molecule has 3 heteroatoms. The fourth-order valence-corrected chi connectivity index (χ4v) is 0.343. The van der Waals surface area contributed by atoms with Crippen molar-refractivity contribution in [2.75, 3.05) is 0 Å². The van der Waals surface area contributed by atoms with Crippen LogP contribution in [0.15, 0.2) is 0 Å². The van der Waals surface area contributed by atoms with Gasteiger partial charge in [-0.15, -0.1) is 0 Å². The van der Waals surface area contributed by atoms with Crippen LogP contribution in [-0.4, -0.2) is 18.6 Å². The summed E-state index contributed by atoms with van der Waals surface area (Å²) in [5.41, 5.74) is 5.23. The number of aldehydes is 2. The molecule has 3 nitrogen and oxygen atoms in total. The van der Waals surface area contributed by atoms with Crippen molar-refractivity contribution in [2.24, 2.45) is 5.73 Å². The first kappa shape index (κ1) is 7.30. The topological polar surface area (TPSA) is 60.2 Å². The minimum absolute atomic E-state index is 0.273. The molecule has 0 heterocycles. The van der Waals surface area contributed by atoms with Crippen molar-refractivity contribution in [3.63, 3.8) is 0 Å². The van der Waals surface area contributed by atoms with Gasteiger partial charge in [-0.2, -0.15) is 0 Å². The largest absolute Gasteiger partial charge is 0.327 e. The van der Waals surface area contributed by atoms with Crippen LogP contribution < -0.4 is 5.73 Å². The maximum atomic E-state index is 9.69. The van der Waals surface area contributed by atoms with Gasteiger partial charge in [0.1, 0.15) is 12.6 Å². The Kier molecular flexibility index (Phi) is 4.07. The summed E-state index contributed by atoms with van der Waals surface area (Å²) in [4.78, 5) is 19.4. The van der Waals surface area contributed by atoms with E-state index in [1.54, 1.807) is 0 Å². The van der Waals surface area contributed by atoms with E-state index < -0.39 is 0 Å². The Labute approximate surface area is 47.9 Å². The van der Waals surface area contributed by atoms with Crippen LogP contribution in [0.4, 0.5) is 0 Å². The Bertz CT molecular complexity index is 72.5. The van der Waals surface area contributed by atoms with Gasteiger partial charge in [0.05, 0.1) is 0 Å². The molecule has 0 amide bonds. The van der Waals surface area contributed by atoms with Gasteiger partial charge in [0.15, 0.2) is 0 Å². The highest BCUT2D eigenvalue weighted by molar-refractivity contribution is 5.55. The van der Waals surface area contributed by atoms with Gasteiger partial charge in [-0.1, -0.05) is 0 Å². The number of carbonyl (C=O) groups is 2. The third-order valence-electron chi connectivity index (χ3n) is 0.798. The van der Waals surface area contributed by atoms with Crippen LogP contribution >= 0.6 is 0 Å². The third kappa shape index (κ3) is 3.49. The standard InChI is InChI=1S/C5H9NO2/c6-5(1-3-7)2-4-8/h3-5H,1-2,6H2. The van der Waals surface area contributed by atoms with Gasteiger partial charge in [-0.05, 0) is 0 Å². The maximum absolute atomic E-state index is 9.69. The van der Waals surface area contributed by atoms with Crippen molar-refractivity contribution >= 4 is 12.6 Å². The van der Waals surface area contributed by atoms with E-state index in [9.17, 15) is 9.59 Å². The van der Waals surface area contributed by atoms with Crippen LogP contribution in [0.5, 0.6) is 0 Å². The van der Waals surface area contributed by atoms with Gasteiger partial charge in [0.25, 0.3) is 0 Å². The molecule has 0 aliphatic carbocycles. The maximum Gasteiger partial charge on any atom is 0.121 e. The van der Waals surface area contributed by atoms with Crippen LogP contribution in [-0.2, 0) is 9.59 Å². The Balaban J connectivity index is 3.16. The Hall–Kier alpha value is -0.700. The van der Waals surface area contributed by atoms with Crippen LogP contribution in [0.25, 0.3) is 0 Å². The molecule has 8 heavy (non-hydrogen) atoms. The van der Waals surface area contributed by atoms with E-state index in [1.165, 1.54) is 0 Å². The average Bonchev–Trinajstić information content (AvgIpc) is 1.68. The van der Waals surface area contributed by atoms with Crippen molar-refractivity contribution in [3.8, 4) is 0 Å². The summed E-state index contributed by atoms with van der Waals surface area (Å²) in [6.07, 6.45) is 1.99. The molecule has 0 aliphatic rings. The Morgan fingerprint density at radius 1 is 1.25 bits per heavy atom. The highest BCUT2D eigenvalue weighted by atomic mass is 16.1. The summed E-state index contributed by atoms with van der Waals surface area (Å²) < 4.78 is 0. The molecule has 0 aromatic rings. The van der Waals surface area contributed by atoms with E-state index in [-0.39, 0.29) is 18.9 Å². The second-order valence-corrected chi connectivity index (χ2v) is 1.56. The average molecular weight is 115 g/mol. The highest BCUT2D eigenvalue weighted by Crippen LogP contribution is 1.85. The fraction of sp³-hybridized carbons (Fsp3) is 0.600. The summed E-state index contributed by atoms with van der Waals surface area (Å²) in [6.45, 7) is 0. The number of hydrogen-bond donors (Lipinski definition) is 1. The molecule has 2 N–H and O–H groups in total. The first-order chi connectivity index (χ1) is 3.81. The van der Waals surface area contributed by atoms with E-state index in [0.717, 1.165) is 0 Å². The summed E-state index contributed by atoms with van der Waals surface area (Å²) in [5.74, 6) is 0. The zero-order chi connectivity index (χ0) is 6.41. The molecule has 0 aromatic heterocycles. The van der Waals surface area contributed by atoms with Gasteiger partial charge in [-0.3, -0.25) is 0 Å². The first-order valence-electron chi connectivity index (χ1n) is 2.44. The Morgan fingerprint density at radius 3 is 1.88 bits per heavy atom. The molecule has 0 saturated carbocycles. The lowest BCUT2D eigenvalue weighted by molar-refractivity contribution is -0.109. The van der Waals surface area contributed by atoms with Crippen molar-refractivity contribution < 1.29 is 9.59 Å². The molecule has 0 atom stereocenters. The van der Waals surface area contributed by atoms with Gasteiger partial charge >= 0.3 is 0 Å². The summed E-state index contributed by atoms with van der Waals surface area (Å²) in [5, 5.41) is 0. The van der Waals surface area contributed by atoms with E-state index in [0.29, 0.717) is 12.6 Å². The number of carbonyl (C=O) groups excluding carboxylic acids is 2. The number of rotatable bonds is 4. The number of nitrogens with two attached hydrogens (primary N) is 1. The minimum Gasteiger partial charge on any atom is -0.327 e. The first-order valence-corrected chi connectivity index (χ1v) is 2.44. The van der Waals surface area contributed by atoms with Gasteiger partial charge in [-0.25, -0.2) is 0 Å². The molecule has 0 aromatic carbocycles. The summed E-state index contributed by atoms with van der Waals surface area (Å²) in [6, 6.07) is -0.273. The SMILES string of the molecule is NC(CC=O)CC=O. The molecule has 0 aliphatic heterocycles. The zero-order valence-electron chi connectivity index (χ0n) is 4.54. The smallest absolute Gasteiger partial charge is 0.121 e. The summed E-state index contributed by atoms with van der Waals surface area (Å²) in [7, 11) is 0. The second kappa shape index (κ2) is 4.46. The predicted octanol–water partition coefficient (Wildman–Crippen LogP) is -0.508. The molecule has 0 radical (unpaired) electrons. The van der Waals surface area contributed by atoms with Gasteiger partial charge < -0.3 is 15.3 Å². The Morgan fingerprint density at radius 2 is 1.62 bits per heavy atom. The van der Waals surface area contributed by atoms with Gasteiger partial charge in [0, 0.05) is 18.9 Å². The van der Waals surface area contributed by atoms with Crippen LogP contribution in [0, 0.1) is 0 Å². The molecule has 0 unspecified atom stereocenters. The highest BCUT2D eigenvalue weighted by Gasteiger charge is 1.97. The van der Waals surface area contributed by atoms with Crippen molar-refractivity contribution in [2.45, 2.75) is 18.9 Å². The molecule has 0 spiro atoms. The van der Waals surface area contributed by atoms with Crippen molar-refractivity contribution in [3.05, 3.63) is 0 Å². The zero-order valence-corrected chi connectivity index (χ0v) is 4.54. The normalized spacial score (nSPS) is 9.25. The lowest BCUT2D eigenvalue weighted by Crippen LogP contribution is -2.20. The van der Waals surface area contributed by atoms with Crippen LogP contribution in [0.2, 0.25) is 0 Å². The number of hydrogen-bond acceptors (Lipinski definition) is 3.